The Morgan fingerprint density at radius 2 is 2.00 bits per heavy atom. The first-order valence-electron chi connectivity index (χ1n) is 9.53. The number of sulfonamides is 1. The van der Waals surface area contributed by atoms with Gasteiger partial charge in [0, 0.05) is 17.6 Å². The molecule has 0 unspecified atom stereocenters. The van der Waals surface area contributed by atoms with E-state index in [-0.39, 0.29) is 22.0 Å². The molecule has 1 aliphatic carbocycles. The molecule has 152 valence electrons. The number of hydrogen-bond acceptors (Lipinski definition) is 6. The van der Waals surface area contributed by atoms with Crippen LogP contribution in [0.5, 0.6) is 0 Å². The lowest BCUT2D eigenvalue weighted by Crippen LogP contribution is -2.28. The lowest BCUT2D eigenvalue weighted by molar-refractivity contribution is 0.0642. The Morgan fingerprint density at radius 1 is 1.14 bits per heavy atom. The van der Waals surface area contributed by atoms with E-state index in [9.17, 15) is 18.0 Å². The number of thiophene rings is 1. The maximum absolute atomic E-state index is 12.6. The maximum Gasteiger partial charge on any atom is 0.280 e. The Bertz CT molecular complexity index is 1050. The van der Waals surface area contributed by atoms with Crippen molar-refractivity contribution in [2.45, 2.75) is 42.9 Å². The number of imide groups is 1. The minimum atomic E-state index is -3.61. The standard InChI is InChI=1S/C20H21N3O4S2/c24-19-16-7-4-11-21-18(16)20(25)23(19)13-15-8-9-17(28-15)29(26,27)22-12-10-14-5-2-1-3-6-14/h4-5,7-9,11,22H,1-3,6,10,12-13H2. The van der Waals surface area contributed by atoms with Gasteiger partial charge in [0.25, 0.3) is 11.8 Å². The molecule has 0 radical (unpaired) electrons. The normalized spacial score (nSPS) is 16.8. The summed E-state index contributed by atoms with van der Waals surface area (Å²) >= 11 is 1.06. The van der Waals surface area contributed by atoms with Gasteiger partial charge in [0.15, 0.2) is 0 Å². The Balaban J connectivity index is 1.40. The van der Waals surface area contributed by atoms with Gasteiger partial charge in [-0.25, -0.2) is 13.1 Å². The molecule has 0 fully saturated rings. The first-order valence-corrected chi connectivity index (χ1v) is 11.8. The predicted molar refractivity (Wildman–Crippen MR) is 109 cm³/mol. The van der Waals surface area contributed by atoms with Crippen molar-refractivity contribution in [2.75, 3.05) is 6.54 Å². The molecule has 3 heterocycles. The van der Waals surface area contributed by atoms with Crippen molar-refractivity contribution in [3.63, 3.8) is 0 Å². The van der Waals surface area contributed by atoms with Crippen LogP contribution in [0.2, 0.25) is 0 Å². The molecule has 7 nitrogen and oxygen atoms in total. The monoisotopic (exact) mass is 431 g/mol. The average molecular weight is 432 g/mol. The number of nitrogens with one attached hydrogen (secondary N) is 1. The van der Waals surface area contributed by atoms with E-state index in [1.807, 2.05) is 0 Å². The van der Waals surface area contributed by atoms with Crippen LogP contribution in [-0.4, -0.2) is 36.7 Å². The molecule has 0 spiro atoms. The molecule has 0 saturated heterocycles. The fraction of sp³-hybridized carbons (Fsp3) is 0.350. The molecular formula is C20H21N3O4S2. The number of allylic oxidation sites excluding steroid dienone is 1. The summed E-state index contributed by atoms with van der Waals surface area (Å²) in [4.78, 5) is 30.6. The van der Waals surface area contributed by atoms with E-state index < -0.39 is 21.8 Å². The molecule has 0 bridgehead atoms. The summed E-state index contributed by atoms with van der Waals surface area (Å²) in [6.45, 7) is 0.395. The molecule has 1 aliphatic heterocycles. The summed E-state index contributed by atoms with van der Waals surface area (Å²) < 4.78 is 27.9. The zero-order valence-corrected chi connectivity index (χ0v) is 17.4. The Labute approximate surface area is 173 Å². The van der Waals surface area contributed by atoms with E-state index in [0.29, 0.717) is 11.4 Å². The van der Waals surface area contributed by atoms with E-state index in [4.69, 9.17) is 0 Å². The molecule has 2 aromatic heterocycles. The highest BCUT2D eigenvalue weighted by Crippen LogP contribution is 2.27. The first-order chi connectivity index (χ1) is 14.0. The van der Waals surface area contributed by atoms with Crippen molar-refractivity contribution in [3.05, 3.63) is 58.2 Å². The number of fused-ring (bicyclic) bond motifs is 1. The minimum absolute atomic E-state index is 0.0289. The number of pyridine rings is 1. The molecular weight excluding hydrogens is 410 g/mol. The van der Waals surface area contributed by atoms with E-state index in [2.05, 4.69) is 15.8 Å². The van der Waals surface area contributed by atoms with E-state index in [1.54, 1.807) is 18.2 Å². The lowest BCUT2D eigenvalue weighted by atomic mass is 9.97. The van der Waals surface area contributed by atoms with Crippen LogP contribution in [0, 0.1) is 0 Å². The van der Waals surface area contributed by atoms with Gasteiger partial charge < -0.3 is 0 Å². The van der Waals surface area contributed by atoms with Gasteiger partial charge in [0.05, 0.1) is 12.1 Å². The minimum Gasteiger partial charge on any atom is -0.268 e. The molecule has 2 aliphatic rings. The smallest absolute Gasteiger partial charge is 0.268 e. The topological polar surface area (TPSA) is 96.4 Å². The zero-order chi connectivity index (χ0) is 20.4. The van der Waals surface area contributed by atoms with Crippen molar-refractivity contribution < 1.29 is 18.0 Å². The second-order valence-corrected chi connectivity index (χ2v) is 10.2. The van der Waals surface area contributed by atoms with Crippen LogP contribution in [-0.2, 0) is 16.6 Å². The highest BCUT2D eigenvalue weighted by Gasteiger charge is 2.36. The summed E-state index contributed by atoms with van der Waals surface area (Å²) in [5.41, 5.74) is 1.73. The fourth-order valence-electron chi connectivity index (χ4n) is 3.55. The van der Waals surface area contributed by atoms with Crippen LogP contribution in [0.15, 0.2) is 46.3 Å². The SMILES string of the molecule is O=C1c2cccnc2C(=O)N1Cc1ccc(S(=O)(=O)NCCC2=CCCCC2)s1. The quantitative estimate of drug-likeness (QED) is 0.537. The van der Waals surface area contributed by atoms with Gasteiger partial charge in [-0.05, 0) is 56.4 Å². The largest absolute Gasteiger partial charge is 0.280 e. The van der Waals surface area contributed by atoms with Crippen LogP contribution in [0.1, 0.15) is 57.8 Å². The average Bonchev–Trinajstić information content (AvgIpc) is 3.29. The predicted octanol–water partition coefficient (Wildman–Crippen LogP) is 3.11. The molecule has 2 amide bonds. The molecule has 1 N–H and O–H groups in total. The Kier molecular flexibility index (Phi) is 5.62. The van der Waals surface area contributed by atoms with Crippen molar-refractivity contribution >= 4 is 33.2 Å². The third-order valence-electron chi connectivity index (χ3n) is 5.07. The van der Waals surface area contributed by atoms with Crippen LogP contribution in [0.4, 0.5) is 0 Å². The number of nitrogens with zero attached hydrogens (tertiary/aromatic N) is 2. The first kappa shape index (κ1) is 19.9. The van der Waals surface area contributed by atoms with Crippen LogP contribution >= 0.6 is 11.3 Å². The van der Waals surface area contributed by atoms with Crippen LogP contribution < -0.4 is 4.72 Å². The molecule has 0 saturated carbocycles. The van der Waals surface area contributed by atoms with Crippen molar-refractivity contribution in [1.82, 2.24) is 14.6 Å². The van der Waals surface area contributed by atoms with E-state index >= 15 is 0 Å². The summed E-state index contributed by atoms with van der Waals surface area (Å²) in [6.07, 6.45) is 8.89. The molecule has 0 atom stereocenters. The number of aromatic nitrogens is 1. The van der Waals surface area contributed by atoms with Gasteiger partial charge in [-0.3, -0.25) is 19.5 Å². The van der Waals surface area contributed by atoms with Gasteiger partial charge in [0.1, 0.15) is 9.90 Å². The number of carbonyl (C=O) groups excluding carboxylic acids is 2. The van der Waals surface area contributed by atoms with E-state index in [1.165, 1.54) is 30.7 Å². The second-order valence-electron chi connectivity index (χ2n) is 7.07. The van der Waals surface area contributed by atoms with Crippen molar-refractivity contribution in [3.8, 4) is 0 Å². The van der Waals surface area contributed by atoms with Gasteiger partial charge >= 0.3 is 0 Å². The fourth-order valence-corrected chi connectivity index (χ4v) is 5.97. The number of amides is 2. The summed E-state index contributed by atoms with van der Waals surface area (Å²) in [7, 11) is -3.61. The molecule has 29 heavy (non-hydrogen) atoms. The van der Waals surface area contributed by atoms with Gasteiger partial charge in [-0.2, -0.15) is 0 Å². The van der Waals surface area contributed by atoms with Gasteiger partial charge in [-0.1, -0.05) is 11.6 Å². The highest BCUT2D eigenvalue weighted by molar-refractivity contribution is 7.91. The van der Waals surface area contributed by atoms with Gasteiger partial charge in [-0.15, -0.1) is 11.3 Å². The molecule has 4 rings (SSSR count). The number of rotatable bonds is 7. The second kappa shape index (κ2) is 8.17. The Morgan fingerprint density at radius 3 is 2.76 bits per heavy atom. The van der Waals surface area contributed by atoms with Gasteiger partial charge in [0.2, 0.25) is 10.0 Å². The summed E-state index contributed by atoms with van der Waals surface area (Å²) in [6, 6.07) is 6.33. The van der Waals surface area contributed by atoms with Crippen LogP contribution in [0.3, 0.4) is 0 Å². The maximum atomic E-state index is 12.6. The van der Waals surface area contributed by atoms with E-state index in [0.717, 1.165) is 35.5 Å². The molecule has 2 aromatic rings. The zero-order valence-electron chi connectivity index (χ0n) is 15.8. The third-order valence-corrected chi connectivity index (χ3v) is 8.09. The van der Waals surface area contributed by atoms with Crippen LogP contribution in [0.25, 0.3) is 0 Å². The summed E-state index contributed by atoms with van der Waals surface area (Å²) in [5, 5.41) is 0. The lowest BCUT2D eigenvalue weighted by Gasteiger charge is -2.13. The Hall–Kier alpha value is -2.36. The molecule has 0 aromatic carbocycles. The highest BCUT2D eigenvalue weighted by atomic mass is 32.2. The molecule has 9 heteroatoms. The number of hydrogen-bond donors (Lipinski definition) is 1. The summed E-state index contributed by atoms with van der Waals surface area (Å²) in [5.74, 6) is -0.864. The third kappa shape index (κ3) is 4.17. The number of carbonyl (C=O) groups is 2. The van der Waals surface area contributed by atoms with Crippen molar-refractivity contribution in [1.29, 1.82) is 0 Å². The van der Waals surface area contributed by atoms with Crippen molar-refractivity contribution in [2.24, 2.45) is 0 Å².